The predicted molar refractivity (Wildman–Crippen MR) is 50.6 cm³/mol. The molecule has 0 saturated heterocycles. The Kier molecular flexibility index (Phi) is 2.80. The third kappa shape index (κ3) is 1.81. The first-order valence-corrected chi connectivity index (χ1v) is 4.69. The predicted octanol–water partition coefficient (Wildman–Crippen LogP) is 2.20. The Morgan fingerprint density at radius 2 is 2.33 bits per heavy atom. The van der Waals surface area contributed by atoms with Crippen LogP contribution in [0.15, 0.2) is 0 Å². The lowest BCUT2D eigenvalue weighted by Gasteiger charge is -2.30. The Hall–Kier alpha value is -0.480. The van der Waals surface area contributed by atoms with E-state index in [1.165, 1.54) is 12.8 Å². The molecule has 68 valence electrons. The van der Waals surface area contributed by atoms with E-state index < -0.39 is 0 Å². The summed E-state index contributed by atoms with van der Waals surface area (Å²) in [5.74, 6) is 2.94. The van der Waals surface area contributed by atoms with Crippen LogP contribution in [0.4, 0.5) is 0 Å². The van der Waals surface area contributed by atoms with Gasteiger partial charge in [0.25, 0.3) is 0 Å². The molecule has 0 aromatic rings. The van der Waals surface area contributed by atoms with Crippen LogP contribution in [0, 0.1) is 23.7 Å². The highest BCUT2D eigenvalue weighted by molar-refractivity contribution is 4.95. The Morgan fingerprint density at radius 1 is 1.67 bits per heavy atom. The SMILES string of the molecule is C#CCC(O)C1CCCC1(C)C. The van der Waals surface area contributed by atoms with Crippen LogP contribution < -0.4 is 0 Å². The minimum atomic E-state index is -0.285. The van der Waals surface area contributed by atoms with Gasteiger partial charge in [-0.1, -0.05) is 20.3 Å². The average molecular weight is 166 g/mol. The van der Waals surface area contributed by atoms with Crippen LogP contribution in [0.1, 0.15) is 39.5 Å². The molecule has 0 spiro atoms. The van der Waals surface area contributed by atoms with E-state index in [0.717, 1.165) is 6.42 Å². The van der Waals surface area contributed by atoms with E-state index in [1.54, 1.807) is 0 Å². The van der Waals surface area contributed by atoms with Gasteiger partial charge in [-0.15, -0.1) is 12.3 Å². The normalized spacial score (nSPS) is 29.7. The second kappa shape index (κ2) is 3.49. The first kappa shape index (κ1) is 9.61. The quantitative estimate of drug-likeness (QED) is 0.623. The molecule has 2 atom stereocenters. The van der Waals surface area contributed by atoms with E-state index in [-0.39, 0.29) is 11.5 Å². The number of hydrogen-bond acceptors (Lipinski definition) is 1. The van der Waals surface area contributed by atoms with Crippen LogP contribution in [0.25, 0.3) is 0 Å². The minimum absolute atomic E-state index is 0.285. The van der Waals surface area contributed by atoms with E-state index in [0.29, 0.717) is 12.3 Å². The zero-order valence-corrected chi connectivity index (χ0v) is 8.01. The first-order valence-electron chi connectivity index (χ1n) is 4.69. The molecule has 2 unspecified atom stereocenters. The number of aliphatic hydroxyl groups excluding tert-OH is 1. The van der Waals surface area contributed by atoms with Gasteiger partial charge in [-0.05, 0) is 24.2 Å². The summed E-state index contributed by atoms with van der Waals surface area (Å²) in [7, 11) is 0. The van der Waals surface area contributed by atoms with Crippen molar-refractivity contribution in [3.8, 4) is 12.3 Å². The Morgan fingerprint density at radius 3 is 2.75 bits per heavy atom. The molecule has 12 heavy (non-hydrogen) atoms. The van der Waals surface area contributed by atoms with Crippen LogP contribution in [-0.4, -0.2) is 11.2 Å². The maximum Gasteiger partial charge on any atom is 0.0682 e. The van der Waals surface area contributed by atoms with Crippen molar-refractivity contribution in [2.75, 3.05) is 0 Å². The second-order valence-corrected chi connectivity index (χ2v) is 4.46. The van der Waals surface area contributed by atoms with Crippen molar-refractivity contribution in [2.45, 2.75) is 45.6 Å². The maximum atomic E-state index is 9.74. The van der Waals surface area contributed by atoms with E-state index in [4.69, 9.17) is 6.42 Å². The van der Waals surface area contributed by atoms with Gasteiger partial charge in [-0.3, -0.25) is 0 Å². The molecule has 1 heteroatoms. The van der Waals surface area contributed by atoms with E-state index >= 15 is 0 Å². The second-order valence-electron chi connectivity index (χ2n) is 4.46. The Balaban J connectivity index is 2.57. The topological polar surface area (TPSA) is 20.2 Å². The summed E-state index contributed by atoms with van der Waals surface area (Å²) in [5.41, 5.74) is 0.288. The van der Waals surface area contributed by atoms with Crippen LogP contribution in [-0.2, 0) is 0 Å². The fourth-order valence-corrected chi connectivity index (χ4v) is 2.33. The number of aliphatic hydroxyl groups is 1. The number of terminal acetylenes is 1. The lowest BCUT2D eigenvalue weighted by Crippen LogP contribution is -2.29. The van der Waals surface area contributed by atoms with Crippen molar-refractivity contribution in [3.63, 3.8) is 0 Å². The molecule has 1 saturated carbocycles. The highest BCUT2D eigenvalue weighted by Gasteiger charge is 2.38. The molecular weight excluding hydrogens is 148 g/mol. The lowest BCUT2D eigenvalue weighted by atomic mass is 9.78. The Labute approximate surface area is 75.2 Å². The van der Waals surface area contributed by atoms with Gasteiger partial charge >= 0.3 is 0 Å². The van der Waals surface area contributed by atoms with Gasteiger partial charge < -0.3 is 5.11 Å². The molecule has 0 aromatic heterocycles. The van der Waals surface area contributed by atoms with Gasteiger partial charge in [0.15, 0.2) is 0 Å². The van der Waals surface area contributed by atoms with Crippen molar-refractivity contribution in [3.05, 3.63) is 0 Å². The summed E-state index contributed by atoms with van der Waals surface area (Å²) in [6.07, 6.45) is 8.99. The molecule has 0 heterocycles. The van der Waals surface area contributed by atoms with Crippen LogP contribution in [0.3, 0.4) is 0 Å². The standard InChI is InChI=1S/C11H18O/c1-4-6-10(12)9-7-5-8-11(9,2)3/h1,9-10,12H,5-8H2,2-3H3. The molecule has 0 radical (unpaired) electrons. The molecule has 1 nitrogen and oxygen atoms in total. The van der Waals surface area contributed by atoms with Crippen molar-refractivity contribution >= 4 is 0 Å². The molecule has 0 aliphatic heterocycles. The van der Waals surface area contributed by atoms with E-state index in [2.05, 4.69) is 19.8 Å². The molecule has 0 amide bonds. The summed E-state index contributed by atoms with van der Waals surface area (Å²) in [6, 6.07) is 0. The van der Waals surface area contributed by atoms with Crippen LogP contribution >= 0.6 is 0 Å². The van der Waals surface area contributed by atoms with Gasteiger partial charge in [-0.25, -0.2) is 0 Å². The molecule has 0 bridgehead atoms. The molecule has 0 aromatic carbocycles. The summed E-state index contributed by atoms with van der Waals surface area (Å²) < 4.78 is 0. The summed E-state index contributed by atoms with van der Waals surface area (Å²) in [6.45, 7) is 4.45. The van der Waals surface area contributed by atoms with Gasteiger partial charge in [0, 0.05) is 6.42 Å². The van der Waals surface area contributed by atoms with E-state index in [1.807, 2.05) is 0 Å². The van der Waals surface area contributed by atoms with Crippen LogP contribution in [0.5, 0.6) is 0 Å². The van der Waals surface area contributed by atoms with E-state index in [9.17, 15) is 5.11 Å². The van der Waals surface area contributed by atoms with Crippen molar-refractivity contribution < 1.29 is 5.11 Å². The molecular formula is C11H18O. The molecule has 1 aliphatic rings. The van der Waals surface area contributed by atoms with Gasteiger partial charge in [0.1, 0.15) is 0 Å². The lowest BCUT2D eigenvalue weighted by molar-refractivity contribution is 0.0579. The highest BCUT2D eigenvalue weighted by atomic mass is 16.3. The minimum Gasteiger partial charge on any atom is -0.392 e. The third-order valence-corrected chi connectivity index (χ3v) is 3.13. The van der Waals surface area contributed by atoms with Crippen molar-refractivity contribution in [1.29, 1.82) is 0 Å². The summed E-state index contributed by atoms with van der Waals surface area (Å²) in [4.78, 5) is 0. The highest BCUT2D eigenvalue weighted by Crippen LogP contribution is 2.44. The van der Waals surface area contributed by atoms with Gasteiger partial charge in [0.05, 0.1) is 6.10 Å². The van der Waals surface area contributed by atoms with Crippen LogP contribution in [0.2, 0.25) is 0 Å². The monoisotopic (exact) mass is 166 g/mol. The third-order valence-electron chi connectivity index (χ3n) is 3.13. The number of hydrogen-bond donors (Lipinski definition) is 1. The van der Waals surface area contributed by atoms with Gasteiger partial charge in [0.2, 0.25) is 0 Å². The Bertz CT molecular complexity index is 188. The molecule has 1 aliphatic carbocycles. The van der Waals surface area contributed by atoms with Crippen molar-refractivity contribution in [2.24, 2.45) is 11.3 Å². The zero-order valence-electron chi connectivity index (χ0n) is 8.01. The maximum absolute atomic E-state index is 9.74. The fourth-order valence-electron chi connectivity index (χ4n) is 2.33. The summed E-state index contributed by atoms with van der Waals surface area (Å²) in [5, 5.41) is 9.74. The van der Waals surface area contributed by atoms with Gasteiger partial charge in [-0.2, -0.15) is 0 Å². The first-order chi connectivity index (χ1) is 5.58. The molecule has 1 N–H and O–H groups in total. The largest absolute Gasteiger partial charge is 0.392 e. The summed E-state index contributed by atoms with van der Waals surface area (Å²) >= 11 is 0. The fraction of sp³-hybridized carbons (Fsp3) is 0.818. The smallest absolute Gasteiger partial charge is 0.0682 e. The zero-order chi connectivity index (χ0) is 9.19. The molecule has 1 rings (SSSR count). The molecule has 1 fully saturated rings. The average Bonchev–Trinajstić information content (AvgIpc) is 2.30. The number of rotatable bonds is 2. The van der Waals surface area contributed by atoms with Crippen molar-refractivity contribution in [1.82, 2.24) is 0 Å².